The van der Waals surface area contributed by atoms with Crippen molar-refractivity contribution in [3.8, 4) is 5.75 Å². The van der Waals surface area contributed by atoms with Crippen LogP contribution in [0.5, 0.6) is 5.75 Å². The SMILES string of the molecule is CCCC1CC2CCC(c3ccc(OCC)c(F)c3F)CC(F)C2C1F. The fraction of sp³-hybridized carbons (Fsp3) is 0.714. The summed E-state index contributed by atoms with van der Waals surface area (Å²) in [5, 5.41) is 0. The van der Waals surface area contributed by atoms with Gasteiger partial charge in [-0.2, -0.15) is 4.39 Å². The molecule has 0 heterocycles. The van der Waals surface area contributed by atoms with E-state index in [1.165, 1.54) is 12.1 Å². The van der Waals surface area contributed by atoms with Crippen LogP contribution < -0.4 is 4.74 Å². The third-order valence-corrected chi connectivity index (χ3v) is 6.26. The minimum Gasteiger partial charge on any atom is -0.491 e. The summed E-state index contributed by atoms with van der Waals surface area (Å²) in [6.45, 7) is 3.96. The Balaban J connectivity index is 1.78. The van der Waals surface area contributed by atoms with Crippen LogP contribution in [0.1, 0.15) is 63.9 Å². The highest BCUT2D eigenvalue weighted by molar-refractivity contribution is 5.33. The van der Waals surface area contributed by atoms with Crippen LogP contribution in [-0.4, -0.2) is 19.0 Å². The van der Waals surface area contributed by atoms with E-state index in [2.05, 4.69) is 0 Å². The van der Waals surface area contributed by atoms with Crippen molar-refractivity contribution < 1.29 is 22.3 Å². The van der Waals surface area contributed by atoms with Crippen LogP contribution in [0.4, 0.5) is 17.6 Å². The molecule has 0 aliphatic heterocycles. The summed E-state index contributed by atoms with van der Waals surface area (Å²) >= 11 is 0. The smallest absolute Gasteiger partial charge is 0.200 e. The second-order valence-electron chi connectivity index (χ2n) is 7.81. The maximum absolute atomic E-state index is 14.9. The van der Waals surface area contributed by atoms with Gasteiger partial charge in [-0.3, -0.25) is 0 Å². The zero-order chi connectivity index (χ0) is 18.8. The summed E-state index contributed by atoms with van der Waals surface area (Å²) in [7, 11) is 0. The van der Waals surface area contributed by atoms with Crippen LogP contribution in [0.25, 0.3) is 0 Å². The molecule has 3 rings (SSSR count). The van der Waals surface area contributed by atoms with Crippen LogP contribution in [0.15, 0.2) is 12.1 Å². The average molecular weight is 372 g/mol. The third kappa shape index (κ3) is 3.59. The molecule has 1 nitrogen and oxygen atoms in total. The lowest BCUT2D eigenvalue weighted by Gasteiger charge is -2.23. The fourth-order valence-electron chi connectivity index (χ4n) is 5.08. The number of benzene rings is 1. The molecule has 26 heavy (non-hydrogen) atoms. The van der Waals surface area contributed by atoms with Crippen molar-refractivity contribution in [2.24, 2.45) is 17.8 Å². The van der Waals surface area contributed by atoms with E-state index < -0.39 is 35.8 Å². The van der Waals surface area contributed by atoms with Crippen LogP contribution in [0.2, 0.25) is 0 Å². The molecule has 5 heteroatoms. The van der Waals surface area contributed by atoms with Crippen molar-refractivity contribution in [1.82, 2.24) is 0 Å². The number of rotatable bonds is 5. The van der Waals surface area contributed by atoms with Crippen LogP contribution >= 0.6 is 0 Å². The maximum atomic E-state index is 14.9. The lowest BCUT2D eigenvalue weighted by atomic mass is 9.87. The van der Waals surface area contributed by atoms with E-state index in [1.54, 1.807) is 6.92 Å². The molecule has 1 aromatic rings. The normalized spacial score (nSPS) is 34.4. The van der Waals surface area contributed by atoms with Gasteiger partial charge in [0.25, 0.3) is 0 Å². The molecule has 0 bridgehead atoms. The Morgan fingerprint density at radius 3 is 2.50 bits per heavy atom. The predicted octanol–water partition coefficient (Wildman–Crippen LogP) is 6.36. The Morgan fingerprint density at radius 1 is 1.04 bits per heavy atom. The van der Waals surface area contributed by atoms with Crippen molar-refractivity contribution in [2.45, 2.75) is 70.6 Å². The van der Waals surface area contributed by atoms with Gasteiger partial charge in [0.15, 0.2) is 11.6 Å². The molecule has 0 saturated heterocycles. The second kappa shape index (κ2) is 8.18. The van der Waals surface area contributed by atoms with Crippen molar-refractivity contribution in [3.63, 3.8) is 0 Å². The van der Waals surface area contributed by atoms with Crippen molar-refractivity contribution in [1.29, 1.82) is 0 Å². The fourth-order valence-corrected chi connectivity index (χ4v) is 5.08. The van der Waals surface area contributed by atoms with E-state index in [4.69, 9.17) is 4.74 Å². The molecule has 2 aliphatic carbocycles. The summed E-state index contributed by atoms with van der Waals surface area (Å²) in [5.41, 5.74) is 0.189. The summed E-state index contributed by atoms with van der Waals surface area (Å²) in [6.07, 6.45) is 1.29. The van der Waals surface area contributed by atoms with Crippen molar-refractivity contribution in [2.75, 3.05) is 6.61 Å². The quantitative estimate of drug-likeness (QED) is 0.547. The van der Waals surface area contributed by atoms with Gasteiger partial charge in [-0.25, -0.2) is 13.2 Å². The molecular formula is C21H28F4O. The summed E-state index contributed by atoms with van der Waals surface area (Å²) < 4.78 is 63.5. The number of halogens is 4. The number of alkyl halides is 2. The summed E-state index contributed by atoms with van der Waals surface area (Å²) in [6, 6.07) is 2.90. The molecule has 6 atom stereocenters. The molecular weight excluding hydrogens is 344 g/mol. The van der Waals surface area contributed by atoms with Crippen molar-refractivity contribution >= 4 is 0 Å². The molecule has 1 aromatic carbocycles. The Bertz CT molecular complexity index is 620. The molecule has 0 N–H and O–H groups in total. The molecule has 2 aliphatic rings. The molecule has 146 valence electrons. The highest BCUT2D eigenvalue weighted by atomic mass is 19.2. The zero-order valence-electron chi connectivity index (χ0n) is 15.5. The monoisotopic (exact) mass is 372 g/mol. The van der Waals surface area contributed by atoms with E-state index in [0.717, 1.165) is 12.8 Å². The number of hydrogen-bond acceptors (Lipinski definition) is 1. The first kappa shape index (κ1) is 19.5. The minimum atomic E-state index is -1.31. The van der Waals surface area contributed by atoms with E-state index in [9.17, 15) is 17.6 Å². The first-order valence-electron chi connectivity index (χ1n) is 9.86. The highest BCUT2D eigenvalue weighted by Crippen LogP contribution is 2.51. The zero-order valence-corrected chi connectivity index (χ0v) is 15.5. The third-order valence-electron chi connectivity index (χ3n) is 6.26. The largest absolute Gasteiger partial charge is 0.491 e. The Kier molecular flexibility index (Phi) is 6.13. The highest BCUT2D eigenvalue weighted by Gasteiger charge is 2.49. The van der Waals surface area contributed by atoms with Gasteiger partial charge < -0.3 is 4.74 Å². The summed E-state index contributed by atoms with van der Waals surface area (Å²) in [5.74, 6) is -3.15. The van der Waals surface area contributed by atoms with Gasteiger partial charge in [-0.05, 0) is 68.4 Å². The summed E-state index contributed by atoms with van der Waals surface area (Å²) in [4.78, 5) is 0. The molecule has 2 saturated carbocycles. The van der Waals surface area contributed by atoms with Gasteiger partial charge in [0.2, 0.25) is 5.82 Å². The number of ether oxygens (including phenoxy) is 1. The van der Waals surface area contributed by atoms with Crippen molar-refractivity contribution in [3.05, 3.63) is 29.3 Å². The lowest BCUT2D eigenvalue weighted by molar-refractivity contribution is 0.101. The van der Waals surface area contributed by atoms with E-state index >= 15 is 0 Å². The molecule has 0 radical (unpaired) electrons. The molecule has 0 aromatic heterocycles. The first-order chi connectivity index (χ1) is 12.5. The van der Waals surface area contributed by atoms with Gasteiger partial charge in [-0.15, -0.1) is 0 Å². The van der Waals surface area contributed by atoms with E-state index in [0.29, 0.717) is 19.3 Å². The Morgan fingerprint density at radius 2 is 1.81 bits per heavy atom. The standard InChI is InChI=1S/C21H28F4O/c1-3-5-14-10-13-7-6-12(11-16(22)18(13)19(14)23)15-8-9-17(26-4-2)21(25)20(15)24/h8-9,12-14,16,18-19H,3-7,10-11H2,1-2H3. The molecule has 0 amide bonds. The average Bonchev–Trinajstić information content (AvgIpc) is 2.82. The minimum absolute atomic E-state index is 0.0113. The Labute approximate surface area is 153 Å². The van der Waals surface area contributed by atoms with Gasteiger partial charge in [0, 0.05) is 5.92 Å². The first-order valence-corrected chi connectivity index (χ1v) is 9.86. The number of fused-ring (bicyclic) bond motifs is 1. The van der Waals surface area contributed by atoms with Gasteiger partial charge in [0.05, 0.1) is 6.61 Å². The lowest BCUT2D eigenvalue weighted by Crippen LogP contribution is -2.28. The molecule has 6 unspecified atom stereocenters. The van der Waals surface area contributed by atoms with Crippen LogP contribution in [0.3, 0.4) is 0 Å². The molecule has 0 spiro atoms. The van der Waals surface area contributed by atoms with E-state index in [1.807, 2.05) is 6.92 Å². The molecule has 2 fully saturated rings. The Hall–Kier alpha value is -1.26. The van der Waals surface area contributed by atoms with Gasteiger partial charge in [-0.1, -0.05) is 19.4 Å². The van der Waals surface area contributed by atoms with E-state index in [-0.39, 0.29) is 36.2 Å². The predicted molar refractivity (Wildman–Crippen MR) is 93.9 cm³/mol. The van der Waals surface area contributed by atoms with Crippen LogP contribution in [-0.2, 0) is 0 Å². The topological polar surface area (TPSA) is 9.23 Å². The van der Waals surface area contributed by atoms with Gasteiger partial charge >= 0.3 is 0 Å². The number of hydrogen-bond donors (Lipinski definition) is 0. The van der Waals surface area contributed by atoms with Gasteiger partial charge in [0.1, 0.15) is 12.3 Å². The second-order valence-corrected chi connectivity index (χ2v) is 7.81. The maximum Gasteiger partial charge on any atom is 0.200 e. The van der Waals surface area contributed by atoms with Crippen LogP contribution in [0, 0.1) is 29.4 Å².